The van der Waals surface area contributed by atoms with Crippen molar-refractivity contribution in [3.63, 3.8) is 0 Å². The molecule has 1 spiro atoms. The number of hydrogen-bond donors (Lipinski definition) is 3. The number of rotatable bonds is 6. The zero-order valence-corrected chi connectivity index (χ0v) is 21.6. The topological polar surface area (TPSA) is 121 Å². The van der Waals surface area contributed by atoms with Gasteiger partial charge in [0.15, 0.2) is 0 Å². The number of cyclic esters (lactones) is 1. The quantitative estimate of drug-likeness (QED) is 0.359. The first kappa shape index (κ1) is 25.9. The number of esters is 1. The highest BCUT2D eigenvalue weighted by Gasteiger charge is 2.70. The van der Waals surface area contributed by atoms with Gasteiger partial charge < -0.3 is 34.6 Å². The fourth-order valence-electron chi connectivity index (χ4n) is 7.47. The van der Waals surface area contributed by atoms with Gasteiger partial charge in [0.05, 0.1) is 44.1 Å². The Morgan fingerprint density at radius 2 is 2.06 bits per heavy atom. The molecule has 9 heteroatoms. The van der Waals surface area contributed by atoms with E-state index in [0.717, 1.165) is 6.42 Å². The second-order valence-electron chi connectivity index (χ2n) is 11.7. The highest BCUT2D eigenvalue weighted by Crippen LogP contribution is 2.65. The molecule has 0 aromatic carbocycles. The van der Waals surface area contributed by atoms with Crippen molar-refractivity contribution in [1.29, 1.82) is 0 Å². The van der Waals surface area contributed by atoms with Crippen LogP contribution >= 0.6 is 0 Å². The van der Waals surface area contributed by atoms with E-state index in [4.69, 9.17) is 14.2 Å². The minimum atomic E-state index is -0.682. The molecule has 0 radical (unpaired) electrons. The molecular weight excluding hydrogens is 464 g/mol. The first-order valence-electron chi connectivity index (χ1n) is 13.3. The Hall–Kier alpha value is -1.78. The summed E-state index contributed by atoms with van der Waals surface area (Å²) in [6.45, 7) is 9.09. The zero-order valence-electron chi connectivity index (χ0n) is 21.6. The highest BCUT2D eigenvalue weighted by atomic mass is 16.6. The summed E-state index contributed by atoms with van der Waals surface area (Å²) in [6.07, 6.45) is 7.16. The van der Waals surface area contributed by atoms with E-state index in [2.05, 4.69) is 18.3 Å². The number of nitrogens with zero attached hydrogens (tertiary/aromatic N) is 1. The maximum atomic E-state index is 13.2. The number of aliphatic hydroxyl groups excluding tert-OH is 2. The SMILES string of the molecule is CC(NC1CC2[C@](C)(CC[C@@H](O)[C@@]2(C)CO)C(/C=C/C2=CCOC2=O)C12CO2)C(=O)N1CCOCC1. The van der Waals surface area contributed by atoms with Gasteiger partial charge in [-0.1, -0.05) is 26.0 Å². The van der Waals surface area contributed by atoms with Gasteiger partial charge in [-0.15, -0.1) is 0 Å². The molecule has 8 atom stereocenters. The Morgan fingerprint density at radius 1 is 1.33 bits per heavy atom. The number of epoxide rings is 1. The van der Waals surface area contributed by atoms with Crippen LogP contribution in [0.5, 0.6) is 0 Å². The molecule has 36 heavy (non-hydrogen) atoms. The number of aliphatic hydroxyl groups is 2. The Balaban J connectivity index is 1.47. The second-order valence-corrected chi connectivity index (χ2v) is 11.7. The third-order valence-corrected chi connectivity index (χ3v) is 9.79. The molecule has 5 rings (SSSR count). The lowest BCUT2D eigenvalue weighted by Crippen LogP contribution is -2.67. The first-order chi connectivity index (χ1) is 17.2. The number of carbonyl (C=O) groups is 2. The van der Waals surface area contributed by atoms with E-state index >= 15 is 0 Å². The lowest BCUT2D eigenvalue weighted by Gasteiger charge is -2.62. The molecule has 5 unspecified atom stereocenters. The second kappa shape index (κ2) is 9.51. The monoisotopic (exact) mass is 504 g/mol. The molecule has 3 N–H and O–H groups in total. The van der Waals surface area contributed by atoms with Crippen LogP contribution in [-0.2, 0) is 23.8 Å². The van der Waals surface area contributed by atoms with Crippen molar-refractivity contribution in [1.82, 2.24) is 10.2 Å². The molecule has 1 amide bonds. The van der Waals surface area contributed by atoms with Gasteiger partial charge in [0.2, 0.25) is 5.91 Å². The highest BCUT2D eigenvalue weighted by molar-refractivity contribution is 5.93. The van der Waals surface area contributed by atoms with Gasteiger partial charge in [0.25, 0.3) is 0 Å². The van der Waals surface area contributed by atoms with Crippen LogP contribution in [0.2, 0.25) is 0 Å². The number of ether oxygens (including phenoxy) is 3. The lowest BCUT2D eigenvalue weighted by molar-refractivity contribution is -0.174. The third kappa shape index (κ3) is 4.13. The summed E-state index contributed by atoms with van der Waals surface area (Å²) in [4.78, 5) is 27.2. The molecule has 4 fully saturated rings. The van der Waals surface area contributed by atoms with Crippen LogP contribution in [0.25, 0.3) is 0 Å². The van der Waals surface area contributed by atoms with E-state index < -0.39 is 23.2 Å². The molecule has 3 aliphatic heterocycles. The molecule has 0 aromatic rings. The zero-order chi connectivity index (χ0) is 25.7. The van der Waals surface area contributed by atoms with E-state index in [0.29, 0.717) is 51.3 Å². The summed E-state index contributed by atoms with van der Waals surface area (Å²) in [6, 6.07) is -0.560. The normalized spacial score (nSPS) is 43.3. The van der Waals surface area contributed by atoms with Crippen molar-refractivity contribution < 1.29 is 34.0 Å². The Labute approximate surface area is 212 Å². The fraction of sp³-hybridized carbons (Fsp3) is 0.778. The largest absolute Gasteiger partial charge is 0.458 e. The first-order valence-corrected chi connectivity index (χ1v) is 13.3. The fourth-order valence-corrected chi connectivity index (χ4v) is 7.47. The number of carbonyl (C=O) groups excluding carboxylic acids is 2. The molecule has 9 nitrogen and oxygen atoms in total. The molecule has 200 valence electrons. The molecule has 2 saturated heterocycles. The van der Waals surface area contributed by atoms with Gasteiger partial charge in [-0.3, -0.25) is 4.79 Å². The average Bonchev–Trinajstić information content (AvgIpc) is 3.56. The van der Waals surface area contributed by atoms with Crippen LogP contribution in [0.15, 0.2) is 23.8 Å². The van der Waals surface area contributed by atoms with Crippen molar-refractivity contribution in [2.45, 2.75) is 63.8 Å². The minimum Gasteiger partial charge on any atom is -0.458 e. The van der Waals surface area contributed by atoms with E-state index in [1.165, 1.54) is 0 Å². The van der Waals surface area contributed by atoms with E-state index in [-0.39, 0.29) is 48.4 Å². The van der Waals surface area contributed by atoms with Crippen LogP contribution in [0.1, 0.15) is 40.0 Å². The van der Waals surface area contributed by atoms with Gasteiger partial charge in [0.1, 0.15) is 12.2 Å². The molecule has 2 saturated carbocycles. The molecule has 0 aromatic heterocycles. The van der Waals surface area contributed by atoms with E-state index in [1.54, 1.807) is 6.08 Å². The van der Waals surface area contributed by atoms with Crippen LogP contribution in [0, 0.1) is 22.7 Å². The molecule has 2 aliphatic carbocycles. The Kier molecular flexibility index (Phi) is 6.83. The van der Waals surface area contributed by atoms with Gasteiger partial charge in [-0.25, -0.2) is 4.79 Å². The van der Waals surface area contributed by atoms with Crippen molar-refractivity contribution in [3.8, 4) is 0 Å². The molecule has 3 heterocycles. The summed E-state index contributed by atoms with van der Waals surface area (Å²) in [7, 11) is 0. The maximum Gasteiger partial charge on any atom is 0.338 e. The van der Waals surface area contributed by atoms with Crippen LogP contribution in [0.4, 0.5) is 0 Å². The van der Waals surface area contributed by atoms with E-state index in [9.17, 15) is 19.8 Å². The van der Waals surface area contributed by atoms with Crippen molar-refractivity contribution >= 4 is 11.9 Å². The average molecular weight is 505 g/mol. The standard InChI is InChI=1S/C27H40N2O7/c1-17(23(32)29-9-12-34-13-10-29)28-21-14-20-25(2,8-6-22(31)26(20,3)15-30)19(27(21)16-36-27)5-4-18-7-11-35-24(18)33/h4-5,7,17,19-22,28,30-31H,6,8-16H2,1-3H3/b5-4+/t17?,19?,20?,21?,22-,25-,26+,27?/m1/s1. The number of amides is 1. The van der Waals surface area contributed by atoms with Crippen LogP contribution in [0.3, 0.4) is 0 Å². The number of morpholine rings is 1. The van der Waals surface area contributed by atoms with E-state index in [1.807, 2.05) is 24.8 Å². The van der Waals surface area contributed by atoms with Crippen molar-refractivity contribution in [2.75, 3.05) is 46.1 Å². The summed E-state index contributed by atoms with van der Waals surface area (Å²) < 4.78 is 16.7. The molecular formula is C27H40N2O7. The summed E-state index contributed by atoms with van der Waals surface area (Å²) in [5.74, 6) is -0.370. The Bertz CT molecular complexity index is 940. The van der Waals surface area contributed by atoms with Gasteiger partial charge in [-0.2, -0.15) is 0 Å². The summed E-state index contributed by atoms with van der Waals surface area (Å²) >= 11 is 0. The minimum absolute atomic E-state index is 0.0177. The summed E-state index contributed by atoms with van der Waals surface area (Å²) in [5, 5.41) is 25.1. The third-order valence-electron chi connectivity index (χ3n) is 9.79. The number of hydrogen-bond acceptors (Lipinski definition) is 8. The van der Waals surface area contributed by atoms with Crippen LogP contribution in [-0.4, -0.2) is 96.9 Å². The summed E-state index contributed by atoms with van der Waals surface area (Å²) in [5.41, 5.74) is -0.915. The van der Waals surface area contributed by atoms with Gasteiger partial charge in [-0.05, 0) is 43.6 Å². The number of fused-ring (bicyclic) bond motifs is 1. The predicted octanol–water partition coefficient (Wildman–Crippen LogP) is 0.796. The smallest absolute Gasteiger partial charge is 0.338 e. The van der Waals surface area contributed by atoms with Crippen molar-refractivity contribution in [3.05, 3.63) is 23.8 Å². The lowest BCUT2D eigenvalue weighted by atomic mass is 9.44. The van der Waals surface area contributed by atoms with Gasteiger partial charge >= 0.3 is 5.97 Å². The molecule has 0 bridgehead atoms. The van der Waals surface area contributed by atoms with Crippen molar-refractivity contribution in [2.24, 2.45) is 22.7 Å². The van der Waals surface area contributed by atoms with Crippen LogP contribution < -0.4 is 5.32 Å². The number of nitrogens with one attached hydrogen (secondary N) is 1. The Morgan fingerprint density at radius 3 is 2.67 bits per heavy atom. The predicted molar refractivity (Wildman–Crippen MR) is 131 cm³/mol. The molecule has 5 aliphatic rings. The van der Waals surface area contributed by atoms with Gasteiger partial charge in [0, 0.05) is 30.5 Å². The maximum absolute atomic E-state index is 13.2.